The van der Waals surface area contributed by atoms with Gasteiger partial charge in [0.2, 0.25) is 0 Å². The molecule has 0 aliphatic carbocycles. The summed E-state index contributed by atoms with van der Waals surface area (Å²) < 4.78 is 5.33. The Labute approximate surface area is 217 Å². The highest BCUT2D eigenvalue weighted by atomic mass is 127. The minimum Gasteiger partial charge on any atom is -0.460 e. The van der Waals surface area contributed by atoms with Crippen LogP contribution in [0.1, 0.15) is 75.7 Å². The molecule has 0 unspecified atom stereocenters. The third kappa shape index (κ3) is 14.8. The number of carbonyl (C=O) groups excluding carboxylic acids is 2. The molecule has 33 heavy (non-hydrogen) atoms. The van der Waals surface area contributed by atoms with Gasteiger partial charge in [-0.1, -0.05) is 25.0 Å². The number of unbranched alkanes of at least 4 members (excludes halogenated alkanes) is 3. The van der Waals surface area contributed by atoms with Crippen molar-refractivity contribution < 1.29 is 14.3 Å². The summed E-state index contributed by atoms with van der Waals surface area (Å²) in [4.78, 5) is 30.1. The van der Waals surface area contributed by atoms with Crippen LogP contribution in [0.3, 0.4) is 0 Å². The maximum atomic E-state index is 12.1. The SMILES string of the molecule is CCNC(=NCCCCCCC(=O)OC(C)(C)C)NCCc1cccc(C(=O)N(C)C)c1.I. The van der Waals surface area contributed by atoms with Gasteiger partial charge in [0, 0.05) is 45.7 Å². The van der Waals surface area contributed by atoms with E-state index in [1.807, 2.05) is 52.0 Å². The zero-order valence-corrected chi connectivity index (χ0v) is 23.5. The Bertz CT molecular complexity index is 745. The first-order valence-corrected chi connectivity index (χ1v) is 11.7. The van der Waals surface area contributed by atoms with Gasteiger partial charge in [0.1, 0.15) is 5.60 Å². The number of guanidine groups is 1. The Hall–Kier alpha value is -1.84. The molecular weight excluding hydrogens is 531 g/mol. The average Bonchev–Trinajstić information content (AvgIpc) is 2.71. The lowest BCUT2D eigenvalue weighted by Crippen LogP contribution is -2.38. The molecule has 2 N–H and O–H groups in total. The van der Waals surface area contributed by atoms with Crippen molar-refractivity contribution in [2.45, 2.75) is 71.8 Å². The molecule has 1 rings (SSSR count). The van der Waals surface area contributed by atoms with Crippen LogP contribution in [-0.2, 0) is 16.0 Å². The van der Waals surface area contributed by atoms with E-state index in [-0.39, 0.29) is 35.9 Å². The monoisotopic (exact) mass is 574 g/mol. The number of amides is 1. The van der Waals surface area contributed by atoms with E-state index in [9.17, 15) is 9.59 Å². The second-order valence-electron chi connectivity index (χ2n) is 9.09. The topological polar surface area (TPSA) is 83.0 Å². The lowest BCUT2D eigenvalue weighted by atomic mass is 10.1. The molecule has 188 valence electrons. The number of hydrogen-bond acceptors (Lipinski definition) is 4. The molecule has 8 heteroatoms. The van der Waals surface area contributed by atoms with Crippen molar-refractivity contribution in [3.05, 3.63) is 35.4 Å². The molecular formula is C25H43IN4O3. The van der Waals surface area contributed by atoms with Gasteiger partial charge in [0.05, 0.1) is 0 Å². The third-order valence-corrected chi connectivity index (χ3v) is 4.61. The Morgan fingerprint density at radius 1 is 1.06 bits per heavy atom. The summed E-state index contributed by atoms with van der Waals surface area (Å²) in [5, 5.41) is 6.63. The smallest absolute Gasteiger partial charge is 0.306 e. The van der Waals surface area contributed by atoms with Gasteiger partial charge >= 0.3 is 5.97 Å². The van der Waals surface area contributed by atoms with E-state index in [4.69, 9.17) is 4.74 Å². The van der Waals surface area contributed by atoms with Crippen molar-refractivity contribution in [3.8, 4) is 0 Å². The first-order chi connectivity index (χ1) is 15.1. The van der Waals surface area contributed by atoms with E-state index in [1.54, 1.807) is 19.0 Å². The molecule has 1 aromatic rings. The number of nitrogens with one attached hydrogen (secondary N) is 2. The molecule has 1 aromatic carbocycles. The Kier molecular flexibility index (Phi) is 15.8. The highest BCUT2D eigenvalue weighted by Crippen LogP contribution is 2.11. The number of rotatable bonds is 12. The molecule has 0 spiro atoms. The summed E-state index contributed by atoms with van der Waals surface area (Å²) in [5.74, 6) is 0.702. The molecule has 0 fully saturated rings. The normalized spacial score (nSPS) is 11.4. The first-order valence-electron chi connectivity index (χ1n) is 11.7. The van der Waals surface area contributed by atoms with Crippen molar-refractivity contribution in [1.29, 1.82) is 0 Å². The second kappa shape index (κ2) is 16.7. The van der Waals surface area contributed by atoms with E-state index >= 15 is 0 Å². The van der Waals surface area contributed by atoms with E-state index in [0.717, 1.165) is 63.3 Å². The van der Waals surface area contributed by atoms with Gasteiger partial charge in [-0.2, -0.15) is 0 Å². The van der Waals surface area contributed by atoms with Crippen molar-refractivity contribution >= 4 is 41.8 Å². The summed E-state index contributed by atoms with van der Waals surface area (Å²) in [6.45, 7) is 10.0. The molecule has 7 nitrogen and oxygen atoms in total. The molecule has 0 bridgehead atoms. The fourth-order valence-electron chi connectivity index (χ4n) is 3.10. The fourth-order valence-corrected chi connectivity index (χ4v) is 3.10. The van der Waals surface area contributed by atoms with Crippen LogP contribution in [0.4, 0.5) is 0 Å². The summed E-state index contributed by atoms with van der Waals surface area (Å²) in [5.41, 5.74) is 1.42. The quantitative estimate of drug-likeness (QED) is 0.127. The van der Waals surface area contributed by atoms with Crippen LogP contribution >= 0.6 is 24.0 Å². The van der Waals surface area contributed by atoms with E-state index in [2.05, 4.69) is 15.6 Å². The first kappa shape index (κ1) is 31.2. The largest absolute Gasteiger partial charge is 0.460 e. The second-order valence-corrected chi connectivity index (χ2v) is 9.09. The zero-order chi connectivity index (χ0) is 24.0. The van der Waals surface area contributed by atoms with E-state index < -0.39 is 5.60 Å². The molecule has 0 saturated carbocycles. The molecule has 0 saturated heterocycles. The zero-order valence-electron chi connectivity index (χ0n) is 21.2. The van der Waals surface area contributed by atoms with Crippen molar-refractivity contribution in [3.63, 3.8) is 0 Å². The van der Waals surface area contributed by atoms with Gasteiger partial charge in [0.25, 0.3) is 5.91 Å². The van der Waals surface area contributed by atoms with Gasteiger partial charge in [0.15, 0.2) is 5.96 Å². The third-order valence-electron chi connectivity index (χ3n) is 4.61. The lowest BCUT2D eigenvalue weighted by Gasteiger charge is -2.19. The van der Waals surface area contributed by atoms with Crippen molar-refractivity contribution in [1.82, 2.24) is 15.5 Å². The summed E-state index contributed by atoms with van der Waals surface area (Å²) in [6.07, 6.45) is 5.17. The van der Waals surface area contributed by atoms with Crippen LogP contribution in [0.5, 0.6) is 0 Å². The predicted molar refractivity (Wildman–Crippen MR) is 146 cm³/mol. The Morgan fingerprint density at radius 3 is 2.39 bits per heavy atom. The average molecular weight is 575 g/mol. The minimum absolute atomic E-state index is 0. The lowest BCUT2D eigenvalue weighted by molar-refractivity contribution is -0.154. The van der Waals surface area contributed by atoms with Gasteiger partial charge in [-0.3, -0.25) is 14.6 Å². The summed E-state index contributed by atoms with van der Waals surface area (Å²) in [7, 11) is 3.52. The molecule has 0 aromatic heterocycles. The number of benzene rings is 1. The Balaban J connectivity index is 0.0000102. The minimum atomic E-state index is -0.409. The molecule has 1 amide bonds. The summed E-state index contributed by atoms with van der Waals surface area (Å²) >= 11 is 0. The molecule has 0 atom stereocenters. The number of hydrogen-bond donors (Lipinski definition) is 2. The maximum absolute atomic E-state index is 12.1. The number of carbonyl (C=O) groups is 2. The van der Waals surface area contributed by atoms with E-state index in [1.165, 1.54) is 0 Å². The van der Waals surface area contributed by atoms with Crippen LogP contribution in [0.15, 0.2) is 29.3 Å². The van der Waals surface area contributed by atoms with Crippen LogP contribution in [-0.4, -0.2) is 62.1 Å². The number of halogens is 1. The van der Waals surface area contributed by atoms with Crippen molar-refractivity contribution in [2.75, 3.05) is 33.7 Å². The highest BCUT2D eigenvalue weighted by Gasteiger charge is 2.15. The van der Waals surface area contributed by atoms with Crippen LogP contribution < -0.4 is 10.6 Å². The van der Waals surface area contributed by atoms with Gasteiger partial charge in [-0.25, -0.2) is 0 Å². The standard InChI is InChI=1S/C25H42N4O3.HI/c1-7-26-24(27-17-11-9-8-10-15-22(30)32-25(2,3)4)28-18-16-20-13-12-14-21(19-20)23(31)29(5)6;/h12-14,19H,7-11,15-18H2,1-6H3,(H2,26,27,28);1H. The number of nitrogens with zero attached hydrogens (tertiary/aromatic N) is 2. The molecule has 0 radical (unpaired) electrons. The molecule has 0 aliphatic heterocycles. The van der Waals surface area contributed by atoms with Gasteiger partial charge < -0.3 is 20.3 Å². The van der Waals surface area contributed by atoms with E-state index in [0.29, 0.717) is 12.0 Å². The number of esters is 1. The molecule has 0 heterocycles. The number of ether oxygens (including phenoxy) is 1. The highest BCUT2D eigenvalue weighted by molar-refractivity contribution is 14.0. The van der Waals surface area contributed by atoms with Gasteiger partial charge in [-0.15, -0.1) is 24.0 Å². The molecule has 0 aliphatic rings. The van der Waals surface area contributed by atoms with Crippen molar-refractivity contribution in [2.24, 2.45) is 4.99 Å². The van der Waals surface area contributed by atoms with Gasteiger partial charge in [-0.05, 0) is 64.7 Å². The Morgan fingerprint density at radius 2 is 1.76 bits per heavy atom. The van der Waals surface area contributed by atoms with Crippen LogP contribution in [0.25, 0.3) is 0 Å². The van der Waals surface area contributed by atoms with Crippen LogP contribution in [0, 0.1) is 0 Å². The summed E-state index contributed by atoms with van der Waals surface area (Å²) in [6, 6.07) is 7.76. The predicted octanol–water partition coefficient (Wildman–Crippen LogP) is 4.40. The van der Waals surface area contributed by atoms with Crippen LogP contribution in [0.2, 0.25) is 0 Å². The number of aliphatic imine (C=N–C) groups is 1. The maximum Gasteiger partial charge on any atom is 0.306 e. The fraction of sp³-hybridized carbons (Fsp3) is 0.640.